The molecule has 1 unspecified atom stereocenters. The number of H-pyrrole nitrogens is 1. The molecule has 1 aromatic heterocycles. The molecule has 0 spiro atoms. The third kappa shape index (κ3) is 3.09. The first-order valence-corrected chi connectivity index (χ1v) is 7.93. The van der Waals surface area contributed by atoms with E-state index in [4.69, 9.17) is 9.47 Å². The molecule has 1 N–H and O–H groups in total. The second-order valence-corrected chi connectivity index (χ2v) is 5.75. The number of rotatable bonds is 6. The lowest BCUT2D eigenvalue weighted by molar-refractivity contribution is 0.104. The van der Waals surface area contributed by atoms with Crippen molar-refractivity contribution in [2.45, 2.75) is 6.10 Å². The Morgan fingerprint density at radius 2 is 2.08 bits per heavy atom. The van der Waals surface area contributed by atoms with Gasteiger partial charge in [0.25, 0.3) is 0 Å². The molecular formula is C20H17NO3. The van der Waals surface area contributed by atoms with Crippen molar-refractivity contribution in [3.8, 4) is 5.75 Å². The molecule has 1 fully saturated rings. The van der Waals surface area contributed by atoms with Gasteiger partial charge in [-0.05, 0) is 35.9 Å². The lowest BCUT2D eigenvalue weighted by Crippen LogP contribution is -2.07. The van der Waals surface area contributed by atoms with E-state index in [1.165, 1.54) is 0 Å². The molecule has 2 heterocycles. The van der Waals surface area contributed by atoms with E-state index in [2.05, 4.69) is 4.98 Å². The lowest BCUT2D eigenvalue weighted by atomic mass is 10.1. The number of para-hydroxylation sites is 1. The molecule has 1 atom stereocenters. The molecule has 0 bridgehead atoms. The smallest absolute Gasteiger partial charge is 0.189 e. The van der Waals surface area contributed by atoms with Crippen LogP contribution in [0.3, 0.4) is 0 Å². The van der Waals surface area contributed by atoms with Crippen molar-refractivity contribution < 1.29 is 14.3 Å². The SMILES string of the molecule is O=C(C=Cc1cccc2[nH]ccc12)c1ccccc1OCC1CO1. The van der Waals surface area contributed by atoms with Gasteiger partial charge >= 0.3 is 0 Å². The summed E-state index contributed by atoms with van der Waals surface area (Å²) in [7, 11) is 0. The van der Waals surface area contributed by atoms with Crippen LogP contribution in [0.15, 0.2) is 60.8 Å². The number of benzene rings is 2. The van der Waals surface area contributed by atoms with E-state index in [0.717, 1.165) is 23.1 Å². The van der Waals surface area contributed by atoms with Gasteiger partial charge in [0.05, 0.1) is 12.2 Å². The zero-order valence-corrected chi connectivity index (χ0v) is 13.1. The highest BCUT2D eigenvalue weighted by Crippen LogP contribution is 2.23. The topological polar surface area (TPSA) is 54.6 Å². The first-order valence-electron chi connectivity index (χ1n) is 7.93. The lowest BCUT2D eigenvalue weighted by Gasteiger charge is -2.08. The Bertz CT molecular complexity index is 906. The van der Waals surface area contributed by atoms with Gasteiger partial charge in [-0.3, -0.25) is 4.79 Å². The summed E-state index contributed by atoms with van der Waals surface area (Å²) in [5.74, 6) is 0.525. The quantitative estimate of drug-likeness (QED) is 0.427. The van der Waals surface area contributed by atoms with Crippen LogP contribution in [0.4, 0.5) is 0 Å². The van der Waals surface area contributed by atoms with Gasteiger partial charge in [0.2, 0.25) is 0 Å². The van der Waals surface area contributed by atoms with Crippen LogP contribution in [0, 0.1) is 0 Å². The summed E-state index contributed by atoms with van der Waals surface area (Å²) in [4.78, 5) is 15.7. The first kappa shape index (κ1) is 14.7. The van der Waals surface area contributed by atoms with Crippen LogP contribution >= 0.6 is 0 Å². The summed E-state index contributed by atoms with van der Waals surface area (Å²) in [6.45, 7) is 1.22. The fourth-order valence-electron chi connectivity index (χ4n) is 2.65. The monoisotopic (exact) mass is 319 g/mol. The third-order valence-electron chi connectivity index (χ3n) is 4.02. The molecule has 24 heavy (non-hydrogen) atoms. The van der Waals surface area contributed by atoms with Crippen LogP contribution in [0.5, 0.6) is 5.75 Å². The van der Waals surface area contributed by atoms with Gasteiger partial charge in [-0.1, -0.05) is 30.3 Å². The number of hydrogen-bond donors (Lipinski definition) is 1. The number of hydrogen-bond acceptors (Lipinski definition) is 3. The summed E-state index contributed by atoms with van der Waals surface area (Å²) in [6.07, 6.45) is 5.50. The van der Waals surface area contributed by atoms with Crippen LogP contribution in [0.1, 0.15) is 15.9 Å². The minimum atomic E-state index is -0.0742. The molecule has 0 aliphatic carbocycles. The Hall–Kier alpha value is -2.85. The van der Waals surface area contributed by atoms with Gasteiger partial charge in [-0.2, -0.15) is 0 Å². The zero-order valence-electron chi connectivity index (χ0n) is 13.1. The molecule has 4 heteroatoms. The van der Waals surface area contributed by atoms with Crippen molar-refractivity contribution in [3.05, 3.63) is 71.9 Å². The van der Waals surface area contributed by atoms with E-state index in [1.807, 2.05) is 54.7 Å². The fourth-order valence-corrected chi connectivity index (χ4v) is 2.65. The molecule has 2 aromatic carbocycles. The van der Waals surface area contributed by atoms with Crippen molar-refractivity contribution >= 4 is 22.8 Å². The number of fused-ring (bicyclic) bond motifs is 1. The highest BCUT2D eigenvalue weighted by Gasteiger charge is 2.23. The van der Waals surface area contributed by atoms with E-state index in [0.29, 0.717) is 17.9 Å². The number of aromatic amines is 1. The molecule has 1 aliphatic rings. The Kier molecular flexibility index (Phi) is 3.89. The van der Waals surface area contributed by atoms with Crippen molar-refractivity contribution in [2.24, 2.45) is 0 Å². The molecule has 0 saturated carbocycles. The minimum Gasteiger partial charge on any atom is -0.490 e. The van der Waals surface area contributed by atoms with E-state index in [9.17, 15) is 4.79 Å². The number of ether oxygens (including phenoxy) is 2. The third-order valence-corrected chi connectivity index (χ3v) is 4.02. The van der Waals surface area contributed by atoms with Gasteiger partial charge in [-0.15, -0.1) is 0 Å². The van der Waals surface area contributed by atoms with E-state index in [1.54, 1.807) is 12.1 Å². The highest BCUT2D eigenvalue weighted by atomic mass is 16.6. The van der Waals surface area contributed by atoms with Crippen LogP contribution in [-0.4, -0.2) is 30.1 Å². The van der Waals surface area contributed by atoms with Crippen molar-refractivity contribution in [3.63, 3.8) is 0 Å². The number of epoxide rings is 1. The fraction of sp³-hybridized carbons (Fsp3) is 0.150. The number of nitrogens with one attached hydrogen (secondary N) is 1. The van der Waals surface area contributed by atoms with Crippen molar-refractivity contribution in [2.75, 3.05) is 13.2 Å². The average molecular weight is 319 g/mol. The van der Waals surface area contributed by atoms with Gasteiger partial charge in [0.1, 0.15) is 18.5 Å². The summed E-state index contributed by atoms with van der Waals surface area (Å²) >= 11 is 0. The molecule has 4 nitrogen and oxygen atoms in total. The molecule has 0 amide bonds. The number of carbonyl (C=O) groups is 1. The second-order valence-electron chi connectivity index (χ2n) is 5.75. The molecular weight excluding hydrogens is 302 g/mol. The number of aromatic nitrogens is 1. The van der Waals surface area contributed by atoms with E-state index < -0.39 is 0 Å². The van der Waals surface area contributed by atoms with Gasteiger partial charge < -0.3 is 14.5 Å². The van der Waals surface area contributed by atoms with Crippen LogP contribution in [-0.2, 0) is 4.74 Å². The molecule has 4 rings (SSSR count). The molecule has 0 radical (unpaired) electrons. The number of ketones is 1. The van der Waals surface area contributed by atoms with Gasteiger partial charge in [0.15, 0.2) is 5.78 Å². The largest absolute Gasteiger partial charge is 0.490 e. The van der Waals surface area contributed by atoms with E-state index >= 15 is 0 Å². The van der Waals surface area contributed by atoms with Crippen LogP contribution < -0.4 is 4.74 Å². The predicted octanol–water partition coefficient (Wildman–Crippen LogP) is 3.84. The Morgan fingerprint density at radius 3 is 2.96 bits per heavy atom. The average Bonchev–Trinajstić information content (AvgIpc) is 3.32. The molecule has 120 valence electrons. The summed E-state index contributed by atoms with van der Waals surface area (Å²) in [6, 6.07) is 15.3. The Morgan fingerprint density at radius 1 is 1.21 bits per heavy atom. The van der Waals surface area contributed by atoms with Crippen LogP contribution in [0.25, 0.3) is 17.0 Å². The Labute approximate surface area is 139 Å². The molecule has 1 saturated heterocycles. The second kappa shape index (κ2) is 6.34. The van der Waals surface area contributed by atoms with Crippen LogP contribution in [0.2, 0.25) is 0 Å². The minimum absolute atomic E-state index is 0.0742. The maximum atomic E-state index is 12.6. The maximum absolute atomic E-state index is 12.6. The maximum Gasteiger partial charge on any atom is 0.189 e. The summed E-state index contributed by atoms with van der Waals surface area (Å²) < 4.78 is 10.8. The highest BCUT2D eigenvalue weighted by molar-refractivity contribution is 6.09. The number of carbonyl (C=O) groups excluding carboxylic acids is 1. The Balaban J connectivity index is 1.56. The zero-order chi connectivity index (χ0) is 16.4. The molecule has 1 aliphatic heterocycles. The summed E-state index contributed by atoms with van der Waals surface area (Å²) in [5, 5.41) is 1.09. The number of allylic oxidation sites excluding steroid dienone is 1. The van der Waals surface area contributed by atoms with Gasteiger partial charge in [-0.25, -0.2) is 0 Å². The summed E-state index contributed by atoms with van der Waals surface area (Å²) in [5.41, 5.74) is 2.63. The predicted molar refractivity (Wildman–Crippen MR) is 93.3 cm³/mol. The van der Waals surface area contributed by atoms with Crippen molar-refractivity contribution in [1.29, 1.82) is 0 Å². The molecule has 3 aromatic rings. The standard InChI is InChI=1S/C20H17NO3/c22-19(9-8-14-4-3-6-18-16(14)10-11-21-18)17-5-1-2-7-20(17)24-13-15-12-23-15/h1-11,15,21H,12-13H2. The van der Waals surface area contributed by atoms with Gasteiger partial charge in [0, 0.05) is 17.1 Å². The van der Waals surface area contributed by atoms with E-state index in [-0.39, 0.29) is 11.9 Å². The normalized spacial score (nSPS) is 16.6. The first-order chi connectivity index (χ1) is 11.8. The van der Waals surface area contributed by atoms with Crippen molar-refractivity contribution in [1.82, 2.24) is 4.98 Å².